The van der Waals surface area contributed by atoms with Gasteiger partial charge in [-0.05, 0) is 43.4 Å². The fourth-order valence-electron chi connectivity index (χ4n) is 4.00. The zero-order valence-electron chi connectivity index (χ0n) is 24.5. The molecule has 0 spiro atoms. The quantitative estimate of drug-likeness (QED) is 0.0482. The molecule has 0 saturated heterocycles. The second kappa shape index (κ2) is 16.1. The molecule has 0 bridgehead atoms. The average molecular weight is 645 g/mol. The van der Waals surface area contributed by atoms with Crippen molar-refractivity contribution in [1.82, 2.24) is 0 Å². The second-order valence-corrected chi connectivity index (χ2v) is 9.55. The SMILES string of the molecule is C=CC(=O)OCCCCOc1cc(OCCC)c(-c2cc(F)c(C(F)(F)Oc3cc(F)c(F)c(F)c3)c(F)c2)c(OCCC)c1. The number of esters is 1. The normalized spacial score (nSPS) is 11.2. The summed E-state index contributed by atoms with van der Waals surface area (Å²) in [4.78, 5) is 11.2. The van der Waals surface area contributed by atoms with Crippen molar-refractivity contribution in [3.8, 4) is 34.1 Å². The van der Waals surface area contributed by atoms with Crippen molar-refractivity contribution in [2.75, 3.05) is 26.4 Å². The lowest BCUT2D eigenvalue weighted by Crippen LogP contribution is -2.25. The molecule has 6 nitrogen and oxygen atoms in total. The van der Waals surface area contributed by atoms with Crippen molar-refractivity contribution in [2.24, 2.45) is 0 Å². The molecular formula is C32H31F7O6. The highest BCUT2D eigenvalue weighted by Crippen LogP contribution is 2.45. The van der Waals surface area contributed by atoms with E-state index in [-0.39, 0.29) is 66.9 Å². The monoisotopic (exact) mass is 644 g/mol. The molecule has 0 aromatic heterocycles. The van der Waals surface area contributed by atoms with Gasteiger partial charge in [0.2, 0.25) is 0 Å². The van der Waals surface area contributed by atoms with Crippen LogP contribution in [0.2, 0.25) is 0 Å². The molecule has 0 unspecified atom stereocenters. The molecule has 0 atom stereocenters. The van der Waals surface area contributed by atoms with Gasteiger partial charge in [0.15, 0.2) is 17.5 Å². The third kappa shape index (κ3) is 9.29. The number of ether oxygens (including phenoxy) is 5. The van der Waals surface area contributed by atoms with Crippen molar-refractivity contribution in [2.45, 2.75) is 45.6 Å². The summed E-state index contributed by atoms with van der Waals surface area (Å²) in [6.07, 6.45) is -1.59. The third-order valence-electron chi connectivity index (χ3n) is 6.01. The van der Waals surface area contributed by atoms with Crippen LogP contribution < -0.4 is 18.9 Å². The molecule has 0 aliphatic heterocycles. The van der Waals surface area contributed by atoms with Crippen LogP contribution >= 0.6 is 0 Å². The molecule has 0 aliphatic carbocycles. The highest BCUT2D eigenvalue weighted by atomic mass is 19.3. The lowest BCUT2D eigenvalue weighted by Gasteiger charge is -2.22. The molecule has 3 aromatic rings. The largest absolute Gasteiger partial charge is 0.493 e. The van der Waals surface area contributed by atoms with E-state index in [2.05, 4.69) is 11.3 Å². The number of benzene rings is 3. The Morgan fingerprint density at radius 2 is 1.27 bits per heavy atom. The smallest absolute Gasteiger partial charge is 0.432 e. The predicted molar refractivity (Wildman–Crippen MR) is 150 cm³/mol. The summed E-state index contributed by atoms with van der Waals surface area (Å²) in [7, 11) is 0. The predicted octanol–water partition coefficient (Wildman–Crippen LogP) is 8.64. The number of carbonyl (C=O) groups is 1. The number of rotatable bonds is 17. The van der Waals surface area contributed by atoms with Gasteiger partial charge in [0.25, 0.3) is 0 Å². The lowest BCUT2D eigenvalue weighted by molar-refractivity contribution is -0.189. The molecule has 0 N–H and O–H groups in total. The number of hydrogen-bond donors (Lipinski definition) is 0. The Labute approximate surface area is 255 Å². The Bertz CT molecular complexity index is 1420. The number of halogens is 7. The maximum absolute atomic E-state index is 15.3. The number of carbonyl (C=O) groups excluding carboxylic acids is 1. The van der Waals surface area contributed by atoms with Gasteiger partial charge in [-0.2, -0.15) is 8.78 Å². The van der Waals surface area contributed by atoms with Gasteiger partial charge in [-0.25, -0.2) is 26.7 Å². The Kier molecular flexibility index (Phi) is 12.5. The van der Waals surface area contributed by atoms with E-state index in [1.807, 2.05) is 13.8 Å². The Balaban J connectivity index is 1.97. The summed E-state index contributed by atoms with van der Waals surface area (Å²) in [6.45, 7) is 7.69. The van der Waals surface area contributed by atoms with Gasteiger partial charge in [-0.15, -0.1) is 0 Å². The van der Waals surface area contributed by atoms with Crippen LogP contribution in [-0.2, 0) is 15.6 Å². The van der Waals surface area contributed by atoms with Crippen molar-refractivity contribution in [3.05, 3.63) is 83.7 Å². The van der Waals surface area contributed by atoms with Crippen LogP contribution in [0.25, 0.3) is 11.1 Å². The first kappa shape index (κ1) is 35.1. The van der Waals surface area contributed by atoms with Gasteiger partial charge in [-0.1, -0.05) is 20.4 Å². The van der Waals surface area contributed by atoms with E-state index >= 15 is 8.78 Å². The topological polar surface area (TPSA) is 63.2 Å². The minimum Gasteiger partial charge on any atom is -0.493 e. The Morgan fingerprint density at radius 1 is 0.733 bits per heavy atom. The van der Waals surface area contributed by atoms with Crippen molar-refractivity contribution < 1.29 is 59.2 Å². The van der Waals surface area contributed by atoms with E-state index in [1.54, 1.807) is 0 Å². The molecule has 13 heteroatoms. The van der Waals surface area contributed by atoms with Crippen LogP contribution in [0, 0.1) is 29.1 Å². The van der Waals surface area contributed by atoms with Gasteiger partial charge in [-0.3, -0.25) is 0 Å². The zero-order valence-corrected chi connectivity index (χ0v) is 24.5. The summed E-state index contributed by atoms with van der Waals surface area (Å²) < 4.78 is 127. The molecule has 0 saturated carbocycles. The average Bonchev–Trinajstić information content (AvgIpc) is 2.98. The third-order valence-corrected chi connectivity index (χ3v) is 6.01. The molecule has 0 fully saturated rings. The van der Waals surface area contributed by atoms with Gasteiger partial charge < -0.3 is 23.7 Å². The molecule has 0 amide bonds. The van der Waals surface area contributed by atoms with Gasteiger partial charge in [0, 0.05) is 30.3 Å². The molecular weight excluding hydrogens is 613 g/mol. The maximum Gasteiger partial charge on any atom is 0.432 e. The fourth-order valence-corrected chi connectivity index (χ4v) is 4.00. The Morgan fingerprint density at radius 3 is 1.78 bits per heavy atom. The minimum atomic E-state index is -4.76. The first-order valence-corrected chi connectivity index (χ1v) is 14.0. The lowest BCUT2D eigenvalue weighted by atomic mass is 10.00. The molecule has 3 rings (SSSR count). The molecule has 0 radical (unpaired) electrons. The summed E-state index contributed by atoms with van der Waals surface area (Å²) in [5, 5.41) is 0. The summed E-state index contributed by atoms with van der Waals surface area (Å²) in [6, 6.07) is 4.37. The molecule has 244 valence electrons. The van der Waals surface area contributed by atoms with Crippen LogP contribution in [0.15, 0.2) is 49.1 Å². The minimum absolute atomic E-state index is 0.0526. The van der Waals surface area contributed by atoms with E-state index in [4.69, 9.17) is 18.9 Å². The fraction of sp³-hybridized carbons (Fsp3) is 0.344. The van der Waals surface area contributed by atoms with Gasteiger partial charge >= 0.3 is 12.1 Å². The highest BCUT2D eigenvalue weighted by Gasteiger charge is 2.42. The highest BCUT2D eigenvalue weighted by molar-refractivity contribution is 5.81. The van der Waals surface area contributed by atoms with Crippen LogP contribution in [0.5, 0.6) is 23.0 Å². The van der Waals surface area contributed by atoms with Crippen LogP contribution in [0.3, 0.4) is 0 Å². The standard InChI is InChI=1S/C32H31F7O6/c1-4-9-42-26-17-20(41-11-7-8-12-44-28(40)6-3)18-27(43-10-5-2)29(26)19-13-22(33)30(23(34)14-19)32(38,39)45-21-15-24(35)31(37)25(36)16-21/h6,13-18H,3-5,7-12H2,1-2H3. The van der Waals surface area contributed by atoms with Crippen molar-refractivity contribution in [3.63, 3.8) is 0 Å². The van der Waals surface area contributed by atoms with Crippen molar-refractivity contribution >= 4 is 5.97 Å². The number of unbranched alkanes of at least 4 members (excludes halogenated alkanes) is 1. The first-order chi connectivity index (χ1) is 21.4. The summed E-state index contributed by atoms with van der Waals surface area (Å²) in [5.74, 6) is -10.4. The second-order valence-electron chi connectivity index (χ2n) is 9.55. The number of hydrogen-bond acceptors (Lipinski definition) is 6. The van der Waals surface area contributed by atoms with E-state index in [0.717, 1.165) is 6.08 Å². The first-order valence-electron chi connectivity index (χ1n) is 14.0. The maximum atomic E-state index is 15.3. The van der Waals surface area contributed by atoms with Crippen LogP contribution in [0.4, 0.5) is 30.7 Å². The van der Waals surface area contributed by atoms with E-state index in [1.165, 1.54) is 12.1 Å². The van der Waals surface area contributed by atoms with Crippen LogP contribution in [0.1, 0.15) is 45.1 Å². The van der Waals surface area contributed by atoms with E-state index in [0.29, 0.717) is 37.8 Å². The molecule has 45 heavy (non-hydrogen) atoms. The summed E-state index contributed by atoms with van der Waals surface area (Å²) in [5.41, 5.74) is -2.02. The Hall–Kier alpha value is -4.42. The van der Waals surface area contributed by atoms with Gasteiger partial charge in [0.1, 0.15) is 40.2 Å². The van der Waals surface area contributed by atoms with E-state index < -0.39 is 52.5 Å². The number of alkyl halides is 2. The van der Waals surface area contributed by atoms with Crippen LogP contribution in [-0.4, -0.2) is 32.4 Å². The van der Waals surface area contributed by atoms with E-state index in [9.17, 15) is 26.7 Å². The zero-order chi connectivity index (χ0) is 33.1. The molecule has 0 aliphatic rings. The van der Waals surface area contributed by atoms with Crippen molar-refractivity contribution in [1.29, 1.82) is 0 Å². The van der Waals surface area contributed by atoms with Gasteiger partial charge in [0.05, 0.1) is 32.0 Å². The summed E-state index contributed by atoms with van der Waals surface area (Å²) >= 11 is 0. The molecule has 3 aromatic carbocycles. The molecule has 0 heterocycles.